The second kappa shape index (κ2) is 7.23. The Morgan fingerprint density at radius 2 is 2.00 bits per heavy atom. The Morgan fingerprint density at radius 3 is 2.62 bits per heavy atom. The van der Waals surface area contributed by atoms with E-state index < -0.39 is 0 Å². The Labute approximate surface area is 127 Å². The predicted octanol–water partition coefficient (Wildman–Crippen LogP) is 4.55. The third-order valence-electron chi connectivity index (χ3n) is 3.46. The maximum Gasteiger partial charge on any atom is 0.145 e. The topological polar surface area (TPSA) is 34.1 Å². The molecule has 0 amide bonds. The second-order valence-corrected chi connectivity index (χ2v) is 5.47. The Morgan fingerprint density at radius 1 is 1.19 bits per heavy atom. The zero-order chi connectivity index (χ0) is 15.2. The molecule has 1 N–H and O–H groups in total. The lowest BCUT2D eigenvalue weighted by molar-refractivity contribution is 0.474. The highest BCUT2D eigenvalue weighted by Crippen LogP contribution is 2.25. The van der Waals surface area contributed by atoms with Crippen LogP contribution in [0.25, 0.3) is 0 Å². The van der Waals surface area contributed by atoms with Gasteiger partial charge >= 0.3 is 0 Å². The second-order valence-electron chi connectivity index (χ2n) is 5.47. The maximum atomic E-state index is 5.90. The number of aromatic nitrogens is 1. The van der Waals surface area contributed by atoms with Crippen molar-refractivity contribution in [1.82, 2.24) is 10.3 Å². The van der Waals surface area contributed by atoms with Crippen LogP contribution in [0.4, 0.5) is 0 Å². The summed E-state index contributed by atoms with van der Waals surface area (Å²) in [5.41, 5.74) is 3.41. The van der Waals surface area contributed by atoms with Crippen LogP contribution in [0.3, 0.4) is 0 Å². The summed E-state index contributed by atoms with van der Waals surface area (Å²) in [7, 11) is 0. The largest absolute Gasteiger partial charge is 0.455 e. The zero-order valence-electron chi connectivity index (χ0n) is 13.3. The van der Waals surface area contributed by atoms with Gasteiger partial charge < -0.3 is 10.1 Å². The highest BCUT2D eigenvalue weighted by molar-refractivity contribution is 5.39. The van der Waals surface area contributed by atoms with Crippen LogP contribution in [-0.4, -0.2) is 11.5 Å². The molecule has 2 aromatic rings. The Balaban J connectivity index is 2.05. The van der Waals surface area contributed by atoms with Crippen LogP contribution in [0.2, 0.25) is 0 Å². The van der Waals surface area contributed by atoms with Gasteiger partial charge in [-0.25, -0.2) is 0 Å². The number of hydrogen-bond acceptors (Lipinski definition) is 3. The smallest absolute Gasteiger partial charge is 0.145 e. The molecular formula is C18H24N2O. The molecule has 2 rings (SSSR count). The minimum absolute atomic E-state index is 0.264. The number of nitrogens with one attached hydrogen (secondary N) is 1. The van der Waals surface area contributed by atoms with Gasteiger partial charge in [0.15, 0.2) is 0 Å². The number of benzene rings is 1. The van der Waals surface area contributed by atoms with Gasteiger partial charge in [-0.2, -0.15) is 0 Å². The van der Waals surface area contributed by atoms with Gasteiger partial charge in [0.2, 0.25) is 0 Å². The van der Waals surface area contributed by atoms with E-state index in [1.165, 1.54) is 5.56 Å². The quantitative estimate of drug-likeness (QED) is 0.845. The first-order chi connectivity index (χ1) is 10.1. The van der Waals surface area contributed by atoms with E-state index in [4.69, 9.17) is 4.74 Å². The summed E-state index contributed by atoms with van der Waals surface area (Å²) in [5.74, 6) is 1.65. The van der Waals surface area contributed by atoms with E-state index in [2.05, 4.69) is 50.1 Å². The summed E-state index contributed by atoms with van der Waals surface area (Å²) in [6.07, 6.45) is 2.91. The maximum absolute atomic E-state index is 5.90. The van der Waals surface area contributed by atoms with Gasteiger partial charge in [-0.05, 0) is 57.5 Å². The first-order valence-electron chi connectivity index (χ1n) is 7.54. The molecule has 1 aromatic carbocycles. The standard InChI is InChI=1S/C18H24N2O/c1-5-10-19-15(4)17-8-7-16(12-20-17)21-18-9-6-13(2)11-14(18)3/h6-9,11-12,15,19H,5,10H2,1-4H3. The van der Waals surface area contributed by atoms with Gasteiger partial charge in [-0.15, -0.1) is 0 Å². The van der Waals surface area contributed by atoms with Crippen LogP contribution in [0.5, 0.6) is 11.5 Å². The van der Waals surface area contributed by atoms with Crippen molar-refractivity contribution in [2.45, 2.75) is 40.2 Å². The van der Waals surface area contributed by atoms with Crippen LogP contribution < -0.4 is 10.1 Å². The molecule has 1 aromatic heterocycles. The Hall–Kier alpha value is -1.87. The van der Waals surface area contributed by atoms with Crippen molar-refractivity contribution in [3.8, 4) is 11.5 Å². The summed E-state index contributed by atoms with van der Waals surface area (Å²) in [5, 5.41) is 3.43. The Bertz CT molecular complexity index is 578. The predicted molar refractivity (Wildman–Crippen MR) is 86.9 cm³/mol. The first-order valence-corrected chi connectivity index (χ1v) is 7.54. The molecular weight excluding hydrogens is 260 g/mol. The lowest BCUT2D eigenvalue weighted by atomic mass is 10.1. The molecule has 0 bridgehead atoms. The molecule has 0 fully saturated rings. The number of pyridine rings is 1. The van der Waals surface area contributed by atoms with Crippen molar-refractivity contribution in [2.75, 3.05) is 6.54 Å². The van der Waals surface area contributed by atoms with Crippen molar-refractivity contribution in [3.05, 3.63) is 53.3 Å². The van der Waals surface area contributed by atoms with E-state index in [-0.39, 0.29) is 6.04 Å². The molecule has 1 unspecified atom stereocenters. The fourth-order valence-electron chi connectivity index (χ4n) is 2.21. The number of hydrogen-bond donors (Lipinski definition) is 1. The van der Waals surface area contributed by atoms with Gasteiger partial charge in [-0.1, -0.05) is 24.6 Å². The van der Waals surface area contributed by atoms with Gasteiger partial charge in [0.25, 0.3) is 0 Å². The van der Waals surface area contributed by atoms with Crippen LogP contribution >= 0.6 is 0 Å². The summed E-state index contributed by atoms with van der Waals surface area (Å²) in [6.45, 7) is 9.43. The number of ether oxygens (including phenoxy) is 1. The number of aryl methyl sites for hydroxylation is 2. The Kier molecular flexibility index (Phi) is 5.34. The van der Waals surface area contributed by atoms with Gasteiger partial charge in [0.1, 0.15) is 11.5 Å². The van der Waals surface area contributed by atoms with E-state index in [9.17, 15) is 0 Å². The highest BCUT2D eigenvalue weighted by atomic mass is 16.5. The summed E-state index contributed by atoms with van der Waals surface area (Å²) >= 11 is 0. The van der Waals surface area contributed by atoms with Crippen LogP contribution in [-0.2, 0) is 0 Å². The fourth-order valence-corrected chi connectivity index (χ4v) is 2.21. The van der Waals surface area contributed by atoms with Crippen LogP contribution in [0.1, 0.15) is 43.1 Å². The molecule has 0 saturated heterocycles. The third kappa shape index (κ3) is 4.30. The van der Waals surface area contributed by atoms with Crippen molar-refractivity contribution in [1.29, 1.82) is 0 Å². The molecule has 112 valence electrons. The summed E-state index contributed by atoms with van der Waals surface area (Å²) < 4.78 is 5.90. The minimum atomic E-state index is 0.264. The van der Waals surface area contributed by atoms with Crippen molar-refractivity contribution < 1.29 is 4.74 Å². The molecule has 0 spiro atoms. The summed E-state index contributed by atoms with van der Waals surface area (Å²) in [6, 6.07) is 10.4. The van der Waals surface area contributed by atoms with Gasteiger partial charge in [-0.3, -0.25) is 4.98 Å². The van der Waals surface area contributed by atoms with Gasteiger partial charge in [0, 0.05) is 6.04 Å². The molecule has 3 heteroatoms. The minimum Gasteiger partial charge on any atom is -0.455 e. The van der Waals surface area contributed by atoms with Crippen LogP contribution in [0.15, 0.2) is 36.5 Å². The molecule has 3 nitrogen and oxygen atoms in total. The average Bonchev–Trinajstić information content (AvgIpc) is 2.48. The number of nitrogens with zero attached hydrogens (tertiary/aromatic N) is 1. The van der Waals surface area contributed by atoms with E-state index in [1.807, 2.05) is 18.2 Å². The summed E-state index contributed by atoms with van der Waals surface area (Å²) in [4.78, 5) is 4.49. The zero-order valence-corrected chi connectivity index (χ0v) is 13.3. The molecule has 0 saturated carbocycles. The van der Waals surface area contributed by atoms with Gasteiger partial charge in [0.05, 0.1) is 11.9 Å². The first kappa shape index (κ1) is 15.5. The van der Waals surface area contributed by atoms with Crippen LogP contribution in [0, 0.1) is 13.8 Å². The third-order valence-corrected chi connectivity index (χ3v) is 3.46. The SMILES string of the molecule is CCCNC(C)c1ccc(Oc2ccc(C)cc2C)cn1. The lowest BCUT2D eigenvalue weighted by Gasteiger charge is -2.13. The van der Waals surface area contributed by atoms with E-state index in [1.54, 1.807) is 6.20 Å². The number of rotatable bonds is 6. The van der Waals surface area contributed by atoms with Crippen molar-refractivity contribution >= 4 is 0 Å². The molecule has 1 heterocycles. The molecule has 1 atom stereocenters. The van der Waals surface area contributed by atoms with Crippen molar-refractivity contribution in [3.63, 3.8) is 0 Å². The molecule has 21 heavy (non-hydrogen) atoms. The molecule has 0 aliphatic heterocycles. The lowest BCUT2D eigenvalue weighted by Crippen LogP contribution is -2.20. The van der Waals surface area contributed by atoms with Crippen molar-refractivity contribution in [2.24, 2.45) is 0 Å². The van der Waals surface area contributed by atoms with E-state index >= 15 is 0 Å². The fraction of sp³-hybridized carbons (Fsp3) is 0.389. The normalized spacial score (nSPS) is 12.2. The van der Waals surface area contributed by atoms with E-state index in [0.29, 0.717) is 0 Å². The molecule has 0 aliphatic rings. The molecule has 0 aliphatic carbocycles. The average molecular weight is 284 g/mol. The molecule has 0 radical (unpaired) electrons. The highest BCUT2D eigenvalue weighted by Gasteiger charge is 2.07. The monoisotopic (exact) mass is 284 g/mol. The van der Waals surface area contributed by atoms with E-state index in [0.717, 1.165) is 35.7 Å².